The van der Waals surface area contributed by atoms with Crippen LogP contribution < -0.4 is 10.1 Å². The average Bonchev–Trinajstić information content (AvgIpc) is 2.54. The molecule has 1 N–H and O–H groups in total. The van der Waals surface area contributed by atoms with Crippen LogP contribution in [0.1, 0.15) is 34.5 Å². The van der Waals surface area contributed by atoms with Crippen molar-refractivity contribution in [2.24, 2.45) is 0 Å². The number of para-hydroxylation sites is 1. The molecule has 0 saturated heterocycles. The molecule has 0 radical (unpaired) electrons. The van der Waals surface area contributed by atoms with E-state index in [9.17, 15) is 14.9 Å². The highest BCUT2D eigenvalue weighted by Crippen LogP contribution is 2.25. The minimum atomic E-state index is -0.490. The number of ether oxygens (including phenoxy) is 1. The van der Waals surface area contributed by atoms with Crippen molar-refractivity contribution in [2.45, 2.75) is 19.9 Å². The molecule has 6 nitrogen and oxygen atoms in total. The number of benzene rings is 2. The maximum absolute atomic E-state index is 12.3. The van der Waals surface area contributed by atoms with Crippen LogP contribution in [0.5, 0.6) is 5.75 Å². The van der Waals surface area contributed by atoms with E-state index in [1.165, 1.54) is 6.07 Å². The third kappa shape index (κ3) is 3.66. The lowest BCUT2D eigenvalue weighted by Gasteiger charge is -2.17. The summed E-state index contributed by atoms with van der Waals surface area (Å²) in [6.07, 6.45) is 0. The molecular formula is C17H18N2O4. The first kappa shape index (κ1) is 16.5. The number of nitrogens with one attached hydrogen (secondary N) is 1. The minimum absolute atomic E-state index is 0.0670. The number of carbonyl (C=O) groups excluding carboxylic acids is 1. The zero-order valence-corrected chi connectivity index (χ0v) is 13.2. The van der Waals surface area contributed by atoms with Crippen LogP contribution in [-0.4, -0.2) is 17.9 Å². The van der Waals surface area contributed by atoms with Crippen LogP contribution in [0, 0.1) is 17.0 Å². The second-order valence-electron chi connectivity index (χ2n) is 5.20. The molecule has 120 valence electrons. The van der Waals surface area contributed by atoms with Crippen molar-refractivity contribution in [2.75, 3.05) is 7.11 Å². The number of amides is 1. The molecule has 2 rings (SSSR count). The second-order valence-corrected chi connectivity index (χ2v) is 5.20. The number of nitro groups is 1. The average molecular weight is 314 g/mol. The molecule has 0 unspecified atom stereocenters. The molecule has 2 aromatic carbocycles. The number of aryl methyl sites for hydroxylation is 1. The summed E-state index contributed by atoms with van der Waals surface area (Å²) in [5.41, 5.74) is 1.54. The summed E-state index contributed by atoms with van der Waals surface area (Å²) in [4.78, 5) is 22.8. The molecule has 0 aliphatic heterocycles. The fourth-order valence-electron chi connectivity index (χ4n) is 2.33. The van der Waals surface area contributed by atoms with Crippen molar-refractivity contribution < 1.29 is 14.5 Å². The van der Waals surface area contributed by atoms with Gasteiger partial charge in [0.05, 0.1) is 18.1 Å². The second kappa shape index (κ2) is 6.91. The van der Waals surface area contributed by atoms with Crippen molar-refractivity contribution in [3.05, 3.63) is 69.3 Å². The Balaban J connectivity index is 2.22. The van der Waals surface area contributed by atoms with Gasteiger partial charge in [-0.3, -0.25) is 14.9 Å². The number of methoxy groups -OCH3 is 1. The van der Waals surface area contributed by atoms with Gasteiger partial charge in [0.2, 0.25) is 0 Å². The fraction of sp³-hybridized carbons (Fsp3) is 0.235. The van der Waals surface area contributed by atoms with Gasteiger partial charge in [-0.2, -0.15) is 0 Å². The summed E-state index contributed by atoms with van der Waals surface area (Å²) in [6.45, 7) is 3.47. The zero-order valence-electron chi connectivity index (χ0n) is 13.2. The van der Waals surface area contributed by atoms with Crippen LogP contribution in [-0.2, 0) is 0 Å². The summed E-state index contributed by atoms with van der Waals surface area (Å²) < 4.78 is 5.28. The van der Waals surface area contributed by atoms with E-state index in [1.54, 1.807) is 26.2 Å². The van der Waals surface area contributed by atoms with E-state index in [4.69, 9.17) is 4.74 Å². The molecule has 0 aromatic heterocycles. The number of hydrogen-bond acceptors (Lipinski definition) is 4. The molecule has 2 aromatic rings. The van der Waals surface area contributed by atoms with Gasteiger partial charge in [0.25, 0.3) is 11.6 Å². The van der Waals surface area contributed by atoms with Crippen molar-refractivity contribution in [3.63, 3.8) is 0 Å². The number of hydrogen-bond donors (Lipinski definition) is 1. The maximum Gasteiger partial charge on any atom is 0.273 e. The summed E-state index contributed by atoms with van der Waals surface area (Å²) in [6, 6.07) is 11.5. The van der Waals surface area contributed by atoms with Crippen LogP contribution in [0.4, 0.5) is 5.69 Å². The molecule has 0 aliphatic carbocycles. The molecule has 0 bridgehead atoms. The van der Waals surface area contributed by atoms with Crippen LogP contribution >= 0.6 is 0 Å². The standard InChI is InChI=1S/C17H18N2O4/c1-11-8-9-13(10-15(11)19(21)22)17(20)18-12(2)14-6-4-5-7-16(14)23-3/h4-10,12H,1-3H3,(H,18,20)/t12-/m0/s1. The lowest BCUT2D eigenvalue weighted by molar-refractivity contribution is -0.385. The summed E-state index contributed by atoms with van der Waals surface area (Å²) in [7, 11) is 1.57. The normalized spacial score (nSPS) is 11.6. The summed E-state index contributed by atoms with van der Waals surface area (Å²) in [5.74, 6) is 0.307. The lowest BCUT2D eigenvalue weighted by Crippen LogP contribution is -2.27. The van der Waals surface area contributed by atoms with E-state index >= 15 is 0 Å². The van der Waals surface area contributed by atoms with Crippen molar-refractivity contribution >= 4 is 11.6 Å². The van der Waals surface area contributed by atoms with Gasteiger partial charge < -0.3 is 10.1 Å². The topological polar surface area (TPSA) is 81.5 Å². The molecular weight excluding hydrogens is 296 g/mol. The molecule has 0 fully saturated rings. The third-order valence-corrected chi connectivity index (χ3v) is 3.62. The highest BCUT2D eigenvalue weighted by Gasteiger charge is 2.18. The molecule has 0 heterocycles. The van der Waals surface area contributed by atoms with Gasteiger partial charge in [-0.05, 0) is 26.0 Å². The van der Waals surface area contributed by atoms with Gasteiger partial charge in [0.15, 0.2) is 0 Å². The summed E-state index contributed by atoms with van der Waals surface area (Å²) in [5, 5.41) is 13.8. The van der Waals surface area contributed by atoms with Crippen LogP contribution in [0.25, 0.3) is 0 Å². The van der Waals surface area contributed by atoms with Crippen LogP contribution in [0.15, 0.2) is 42.5 Å². The summed E-state index contributed by atoms with van der Waals surface area (Å²) >= 11 is 0. The quantitative estimate of drug-likeness (QED) is 0.677. The van der Waals surface area contributed by atoms with Gasteiger partial charge >= 0.3 is 0 Å². The Bertz CT molecular complexity index is 743. The molecule has 1 amide bonds. The van der Waals surface area contributed by atoms with Crippen LogP contribution in [0.3, 0.4) is 0 Å². The molecule has 1 atom stereocenters. The molecule has 0 spiro atoms. The van der Waals surface area contributed by atoms with E-state index < -0.39 is 4.92 Å². The van der Waals surface area contributed by atoms with Gasteiger partial charge in [-0.15, -0.1) is 0 Å². The van der Waals surface area contributed by atoms with Gasteiger partial charge in [0, 0.05) is 22.8 Å². The Hall–Kier alpha value is -2.89. The predicted molar refractivity (Wildman–Crippen MR) is 86.7 cm³/mol. The number of carbonyl (C=O) groups is 1. The van der Waals surface area contributed by atoms with Gasteiger partial charge in [-0.1, -0.05) is 24.3 Å². The van der Waals surface area contributed by atoms with Crippen molar-refractivity contribution in [1.29, 1.82) is 0 Å². The Kier molecular flexibility index (Phi) is 4.95. The largest absolute Gasteiger partial charge is 0.496 e. The van der Waals surface area contributed by atoms with E-state index in [0.29, 0.717) is 11.3 Å². The highest BCUT2D eigenvalue weighted by molar-refractivity contribution is 5.95. The SMILES string of the molecule is COc1ccccc1[C@H](C)NC(=O)c1ccc(C)c([N+](=O)[O-])c1. The first-order valence-corrected chi connectivity index (χ1v) is 7.13. The Morgan fingerprint density at radius 1 is 1.26 bits per heavy atom. The lowest BCUT2D eigenvalue weighted by atomic mass is 10.1. The Labute approximate surface area is 134 Å². The molecule has 23 heavy (non-hydrogen) atoms. The van der Waals surface area contributed by atoms with Gasteiger partial charge in [-0.25, -0.2) is 0 Å². The number of nitrogens with zero attached hydrogens (tertiary/aromatic N) is 1. The minimum Gasteiger partial charge on any atom is -0.496 e. The van der Waals surface area contributed by atoms with Crippen molar-refractivity contribution in [1.82, 2.24) is 5.32 Å². The van der Waals surface area contributed by atoms with Gasteiger partial charge in [0.1, 0.15) is 5.75 Å². The number of nitro benzene ring substituents is 1. The molecule has 6 heteroatoms. The first-order chi connectivity index (χ1) is 10.9. The van der Waals surface area contributed by atoms with E-state index in [0.717, 1.165) is 5.56 Å². The Morgan fingerprint density at radius 3 is 2.61 bits per heavy atom. The maximum atomic E-state index is 12.3. The van der Waals surface area contributed by atoms with E-state index in [1.807, 2.05) is 31.2 Å². The zero-order chi connectivity index (χ0) is 17.0. The third-order valence-electron chi connectivity index (χ3n) is 3.62. The van der Waals surface area contributed by atoms with Crippen LogP contribution in [0.2, 0.25) is 0 Å². The first-order valence-electron chi connectivity index (χ1n) is 7.13. The van der Waals surface area contributed by atoms with Crippen molar-refractivity contribution in [3.8, 4) is 5.75 Å². The molecule has 0 aliphatic rings. The fourth-order valence-corrected chi connectivity index (χ4v) is 2.33. The smallest absolute Gasteiger partial charge is 0.273 e. The van der Waals surface area contributed by atoms with E-state index in [2.05, 4.69) is 5.32 Å². The predicted octanol–water partition coefficient (Wildman–Crippen LogP) is 3.40. The number of rotatable bonds is 5. The monoisotopic (exact) mass is 314 g/mol. The highest BCUT2D eigenvalue weighted by atomic mass is 16.6. The molecule has 0 saturated carbocycles. The Morgan fingerprint density at radius 2 is 1.96 bits per heavy atom. The van der Waals surface area contributed by atoms with E-state index in [-0.39, 0.29) is 23.2 Å².